The minimum absolute atomic E-state index is 0.0157. The van der Waals surface area contributed by atoms with Gasteiger partial charge in [-0.3, -0.25) is 0 Å². The second-order valence-electron chi connectivity index (χ2n) is 6.27. The van der Waals surface area contributed by atoms with Crippen LogP contribution in [0.1, 0.15) is 17.0 Å². The van der Waals surface area contributed by atoms with Gasteiger partial charge in [0.05, 0.1) is 16.3 Å². The summed E-state index contributed by atoms with van der Waals surface area (Å²) in [5, 5.41) is 15.1. The molecule has 3 aromatic rings. The minimum atomic E-state index is -3.76. The van der Waals surface area contributed by atoms with Gasteiger partial charge in [-0.15, -0.1) is 0 Å². The molecular weight excluding hydrogens is 378 g/mol. The summed E-state index contributed by atoms with van der Waals surface area (Å²) in [7, 11) is -3.76. The first-order valence-corrected chi connectivity index (χ1v) is 10.1. The van der Waals surface area contributed by atoms with E-state index < -0.39 is 16.1 Å². The van der Waals surface area contributed by atoms with Crippen molar-refractivity contribution in [3.63, 3.8) is 0 Å². The third kappa shape index (κ3) is 4.38. The number of rotatable bonds is 5. The smallest absolute Gasteiger partial charge is 0.319 e. The Morgan fingerprint density at radius 3 is 2.32 bits per heavy atom. The number of benzene rings is 2. The molecule has 0 bridgehead atoms. The van der Waals surface area contributed by atoms with Crippen molar-refractivity contribution in [1.29, 1.82) is 0 Å². The van der Waals surface area contributed by atoms with Gasteiger partial charge in [0.25, 0.3) is 0 Å². The highest BCUT2D eigenvalue weighted by atomic mass is 32.2. The first-order valence-electron chi connectivity index (χ1n) is 8.54. The number of carbonyl (C=O) groups is 1. The number of para-hydroxylation sites is 1. The summed E-state index contributed by atoms with van der Waals surface area (Å²) >= 11 is 0. The summed E-state index contributed by atoms with van der Waals surface area (Å²) in [5.74, 6) is 0. The lowest BCUT2D eigenvalue weighted by molar-refractivity contribution is 0.251. The van der Waals surface area contributed by atoms with Crippen LogP contribution in [0.5, 0.6) is 0 Å². The van der Waals surface area contributed by atoms with Gasteiger partial charge in [0.2, 0.25) is 10.0 Å². The van der Waals surface area contributed by atoms with Crippen LogP contribution in [-0.2, 0) is 16.6 Å². The van der Waals surface area contributed by atoms with E-state index in [2.05, 4.69) is 15.7 Å². The number of aryl methyl sites for hydroxylation is 1. The number of hydrogen-bond acceptors (Lipinski definition) is 4. The Bertz CT molecular complexity index is 1090. The molecule has 3 rings (SSSR count). The number of amides is 2. The second kappa shape index (κ2) is 7.83. The van der Waals surface area contributed by atoms with Gasteiger partial charge in [-0.2, -0.15) is 5.10 Å². The molecule has 0 fully saturated rings. The van der Waals surface area contributed by atoms with Gasteiger partial charge >= 0.3 is 6.03 Å². The molecule has 9 heteroatoms. The Balaban J connectivity index is 1.66. The summed E-state index contributed by atoms with van der Waals surface area (Å²) in [6.07, 6.45) is 0. The number of aromatic nitrogens is 2. The largest absolute Gasteiger partial charge is 0.334 e. The SMILES string of the molecule is Cc1nn(-c2ccccc2)c(C)c1CNC(=O)Nc1ccc(S(N)(=O)=O)cc1. The molecule has 0 saturated heterocycles. The maximum Gasteiger partial charge on any atom is 0.319 e. The summed E-state index contributed by atoms with van der Waals surface area (Å²) in [4.78, 5) is 12.2. The van der Waals surface area contributed by atoms with Crippen LogP contribution in [-0.4, -0.2) is 24.2 Å². The number of urea groups is 1. The van der Waals surface area contributed by atoms with Gasteiger partial charge in [-0.25, -0.2) is 23.0 Å². The average molecular weight is 399 g/mol. The monoisotopic (exact) mass is 399 g/mol. The molecule has 2 aromatic carbocycles. The Morgan fingerprint density at radius 1 is 1.07 bits per heavy atom. The molecule has 8 nitrogen and oxygen atoms in total. The van der Waals surface area contributed by atoms with Gasteiger partial charge in [0.15, 0.2) is 0 Å². The number of anilines is 1. The topological polar surface area (TPSA) is 119 Å². The molecule has 0 aliphatic rings. The van der Waals surface area contributed by atoms with Gasteiger partial charge in [-0.1, -0.05) is 18.2 Å². The van der Waals surface area contributed by atoms with E-state index >= 15 is 0 Å². The highest BCUT2D eigenvalue weighted by molar-refractivity contribution is 7.89. The highest BCUT2D eigenvalue weighted by Gasteiger charge is 2.14. The summed E-state index contributed by atoms with van der Waals surface area (Å²) in [6, 6.07) is 15.0. The van der Waals surface area contributed by atoms with Crippen molar-refractivity contribution in [2.45, 2.75) is 25.3 Å². The van der Waals surface area contributed by atoms with E-state index in [1.54, 1.807) is 0 Å². The van der Waals surface area contributed by atoms with Crippen molar-refractivity contribution in [1.82, 2.24) is 15.1 Å². The third-order valence-electron chi connectivity index (χ3n) is 4.31. The average Bonchev–Trinajstić information content (AvgIpc) is 2.94. The molecule has 0 spiro atoms. The van der Waals surface area contributed by atoms with E-state index in [-0.39, 0.29) is 4.90 Å². The minimum Gasteiger partial charge on any atom is -0.334 e. The van der Waals surface area contributed by atoms with Crippen molar-refractivity contribution in [2.24, 2.45) is 5.14 Å². The molecule has 0 aliphatic heterocycles. The standard InChI is InChI=1S/C19H21N5O3S/c1-13-18(14(2)24(23-13)16-6-4-3-5-7-16)12-21-19(25)22-15-8-10-17(11-9-15)28(20,26)27/h3-11H,12H2,1-2H3,(H2,20,26,27)(H2,21,22,25). The molecule has 1 heterocycles. The maximum absolute atomic E-state index is 12.2. The van der Waals surface area contributed by atoms with Crippen LogP contribution in [0, 0.1) is 13.8 Å². The third-order valence-corrected chi connectivity index (χ3v) is 5.24. The Labute approximate surface area is 163 Å². The fourth-order valence-electron chi connectivity index (χ4n) is 2.82. The van der Waals surface area contributed by atoms with Gasteiger partial charge < -0.3 is 10.6 Å². The Hall–Kier alpha value is -3.17. The summed E-state index contributed by atoms with van der Waals surface area (Å²) in [5.41, 5.74) is 4.12. The van der Waals surface area contributed by atoms with Gasteiger partial charge in [-0.05, 0) is 50.2 Å². The zero-order chi connectivity index (χ0) is 20.3. The first kappa shape index (κ1) is 19.6. The van der Waals surface area contributed by atoms with Gasteiger partial charge in [0.1, 0.15) is 0 Å². The van der Waals surface area contributed by atoms with E-state index in [0.717, 1.165) is 22.6 Å². The predicted molar refractivity (Wildman–Crippen MR) is 107 cm³/mol. The van der Waals surface area contributed by atoms with E-state index in [1.165, 1.54) is 24.3 Å². The van der Waals surface area contributed by atoms with E-state index in [9.17, 15) is 13.2 Å². The van der Waals surface area contributed by atoms with Crippen molar-refractivity contribution >= 4 is 21.7 Å². The number of hydrogen-bond donors (Lipinski definition) is 3. The number of nitrogens with zero attached hydrogens (tertiary/aromatic N) is 2. The van der Waals surface area contributed by atoms with Crippen LogP contribution < -0.4 is 15.8 Å². The van der Waals surface area contributed by atoms with Crippen molar-refractivity contribution in [3.05, 3.63) is 71.5 Å². The normalized spacial score (nSPS) is 11.2. The Morgan fingerprint density at radius 2 is 1.71 bits per heavy atom. The number of sulfonamides is 1. The van der Waals surface area contributed by atoms with E-state index in [4.69, 9.17) is 5.14 Å². The fraction of sp³-hybridized carbons (Fsp3) is 0.158. The van der Waals surface area contributed by atoms with Crippen LogP contribution in [0.25, 0.3) is 5.69 Å². The molecule has 0 radical (unpaired) electrons. The molecule has 0 saturated carbocycles. The summed E-state index contributed by atoms with van der Waals surface area (Å²) in [6.45, 7) is 4.16. The van der Waals surface area contributed by atoms with Gasteiger partial charge in [0, 0.05) is 23.5 Å². The lowest BCUT2D eigenvalue weighted by atomic mass is 10.2. The molecule has 0 atom stereocenters. The number of primary sulfonamides is 1. The molecule has 28 heavy (non-hydrogen) atoms. The maximum atomic E-state index is 12.2. The molecule has 146 valence electrons. The van der Waals surface area contributed by atoms with Crippen LogP contribution >= 0.6 is 0 Å². The summed E-state index contributed by atoms with van der Waals surface area (Å²) < 4.78 is 24.4. The molecule has 0 aliphatic carbocycles. The number of nitrogens with two attached hydrogens (primary N) is 1. The van der Waals surface area contributed by atoms with Crippen molar-refractivity contribution in [3.8, 4) is 5.69 Å². The lowest BCUT2D eigenvalue weighted by Crippen LogP contribution is -2.28. The van der Waals surface area contributed by atoms with Crippen LogP contribution in [0.2, 0.25) is 0 Å². The first-order chi connectivity index (χ1) is 13.3. The highest BCUT2D eigenvalue weighted by Crippen LogP contribution is 2.18. The van der Waals surface area contributed by atoms with Crippen LogP contribution in [0.15, 0.2) is 59.5 Å². The Kier molecular flexibility index (Phi) is 5.48. The molecule has 1 aromatic heterocycles. The van der Waals surface area contributed by atoms with Crippen LogP contribution in [0.4, 0.5) is 10.5 Å². The zero-order valence-corrected chi connectivity index (χ0v) is 16.3. The molecule has 2 amide bonds. The molecular formula is C19H21N5O3S. The number of nitrogens with one attached hydrogen (secondary N) is 2. The molecule has 0 unspecified atom stereocenters. The lowest BCUT2D eigenvalue weighted by Gasteiger charge is -2.09. The van der Waals surface area contributed by atoms with Crippen molar-refractivity contribution < 1.29 is 13.2 Å². The fourth-order valence-corrected chi connectivity index (χ4v) is 3.34. The zero-order valence-electron chi connectivity index (χ0n) is 15.5. The van der Waals surface area contributed by atoms with E-state index in [0.29, 0.717) is 12.2 Å². The molecule has 4 N–H and O–H groups in total. The van der Waals surface area contributed by atoms with Crippen LogP contribution in [0.3, 0.4) is 0 Å². The number of carbonyl (C=O) groups excluding carboxylic acids is 1. The quantitative estimate of drug-likeness (QED) is 0.610. The second-order valence-corrected chi connectivity index (χ2v) is 7.84. The van der Waals surface area contributed by atoms with Crippen molar-refractivity contribution in [2.75, 3.05) is 5.32 Å². The van der Waals surface area contributed by atoms with E-state index in [1.807, 2.05) is 48.9 Å². The predicted octanol–water partition coefficient (Wildman–Crippen LogP) is 2.46.